The summed E-state index contributed by atoms with van der Waals surface area (Å²) < 4.78 is 1.93. The predicted octanol–water partition coefficient (Wildman–Crippen LogP) is 1.44. The number of aromatic nitrogens is 2. The van der Waals surface area contributed by atoms with Crippen molar-refractivity contribution in [3.8, 4) is 0 Å². The first-order valence-corrected chi connectivity index (χ1v) is 7.21. The highest BCUT2D eigenvalue weighted by Gasteiger charge is 2.28. The smallest absolute Gasteiger partial charge is 0.315 e. The monoisotopic (exact) mass is 280 g/mol. The number of amides is 2. The van der Waals surface area contributed by atoms with Crippen molar-refractivity contribution in [3.05, 3.63) is 18.5 Å². The van der Waals surface area contributed by atoms with Crippen LogP contribution in [0.5, 0.6) is 0 Å². The minimum atomic E-state index is -0.898. The molecule has 0 aliphatic heterocycles. The standard InChI is InChI=1S/C14H24N4O2/c1-14(2,20)10-15-13(19)17-11-6-3-4-7-12(11)18-9-5-8-16-18/h5,8-9,11-12,20H,3-4,6-7,10H2,1-2H3,(H2,15,17,19)/t11-,12-/m1/s1. The number of aliphatic hydroxyl groups is 1. The third-order valence-corrected chi connectivity index (χ3v) is 3.59. The molecule has 2 amide bonds. The van der Waals surface area contributed by atoms with Crippen LogP contribution in [0.25, 0.3) is 0 Å². The van der Waals surface area contributed by atoms with Crippen LogP contribution < -0.4 is 10.6 Å². The summed E-state index contributed by atoms with van der Waals surface area (Å²) >= 11 is 0. The van der Waals surface area contributed by atoms with Crippen LogP contribution in [0.4, 0.5) is 4.79 Å². The van der Waals surface area contributed by atoms with Gasteiger partial charge in [-0.3, -0.25) is 4.68 Å². The maximum atomic E-state index is 11.9. The summed E-state index contributed by atoms with van der Waals surface area (Å²) in [6.07, 6.45) is 7.97. The van der Waals surface area contributed by atoms with E-state index in [1.54, 1.807) is 20.0 Å². The number of carbonyl (C=O) groups is 1. The van der Waals surface area contributed by atoms with E-state index in [0.29, 0.717) is 0 Å². The molecule has 0 unspecified atom stereocenters. The second-order valence-corrected chi connectivity index (χ2v) is 6.08. The first-order valence-electron chi connectivity index (χ1n) is 7.21. The fraction of sp³-hybridized carbons (Fsp3) is 0.714. The molecule has 0 saturated heterocycles. The number of nitrogens with one attached hydrogen (secondary N) is 2. The molecule has 1 heterocycles. The zero-order chi connectivity index (χ0) is 14.6. The lowest BCUT2D eigenvalue weighted by molar-refractivity contribution is 0.0814. The maximum absolute atomic E-state index is 11.9. The highest BCUT2D eigenvalue weighted by Crippen LogP contribution is 2.27. The summed E-state index contributed by atoms with van der Waals surface area (Å²) in [5.41, 5.74) is -0.898. The van der Waals surface area contributed by atoms with E-state index in [0.717, 1.165) is 25.7 Å². The minimum absolute atomic E-state index is 0.0884. The Bertz CT molecular complexity index is 425. The van der Waals surface area contributed by atoms with Crippen LogP contribution in [0, 0.1) is 0 Å². The van der Waals surface area contributed by atoms with E-state index in [-0.39, 0.29) is 24.7 Å². The Morgan fingerprint density at radius 2 is 2.20 bits per heavy atom. The van der Waals surface area contributed by atoms with E-state index in [2.05, 4.69) is 15.7 Å². The summed E-state index contributed by atoms with van der Waals surface area (Å²) in [7, 11) is 0. The van der Waals surface area contributed by atoms with Crippen LogP contribution in [0.1, 0.15) is 45.6 Å². The zero-order valence-electron chi connectivity index (χ0n) is 12.2. The van der Waals surface area contributed by atoms with Crippen molar-refractivity contribution >= 4 is 6.03 Å². The summed E-state index contributed by atoms with van der Waals surface area (Å²) in [5, 5.41) is 19.6. The van der Waals surface area contributed by atoms with Crippen molar-refractivity contribution in [1.29, 1.82) is 0 Å². The number of rotatable bonds is 4. The molecule has 1 fully saturated rings. The van der Waals surface area contributed by atoms with Crippen LogP contribution in [0.2, 0.25) is 0 Å². The third-order valence-electron chi connectivity index (χ3n) is 3.59. The van der Waals surface area contributed by atoms with E-state index in [9.17, 15) is 9.90 Å². The topological polar surface area (TPSA) is 79.2 Å². The Hall–Kier alpha value is -1.56. The average Bonchev–Trinajstić information content (AvgIpc) is 2.90. The van der Waals surface area contributed by atoms with Crippen molar-refractivity contribution in [2.75, 3.05) is 6.54 Å². The van der Waals surface area contributed by atoms with Gasteiger partial charge in [0.15, 0.2) is 0 Å². The van der Waals surface area contributed by atoms with E-state index in [4.69, 9.17) is 0 Å². The van der Waals surface area contributed by atoms with Crippen LogP contribution in [0.3, 0.4) is 0 Å². The molecule has 20 heavy (non-hydrogen) atoms. The number of hydrogen-bond donors (Lipinski definition) is 3. The van der Waals surface area contributed by atoms with Gasteiger partial charge in [0.05, 0.1) is 17.7 Å². The number of carbonyl (C=O) groups excluding carboxylic acids is 1. The molecule has 112 valence electrons. The molecule has 2 atom stereocenters. The van der Waals surface area contributed by atoms with Gasteiger partial charge in [-0.15, -0.1) is 0 Å². The van der Waals surface area contributed by atoms with Gasteiger partial charge in [0, 0.05) is 18.9 Å². The fourth-order valence-electron chi connectivity index (χ4n) is 2.59. The van der Waals surface area contributed by atoms with Crippen LogP contribution >= 0.6 is 0 Å². The van der Waals surface area contributed by atoms with Gasteiger partial charge in [-0.05, 0) is 32.8 Å². The molecule has 1 aliphatic carbocycles. The van der Waals surface area contributed by atoms with Crippen molar-refractivity contribution in [3.63, 3.8) is 0 Å². The molecule has 0 spiro atoms. The SMILES string of the molecule is CC(C)(O)CNC(=O)N[C@@H]1CCCC[C@H]1n1cccn1. The molecular weight excluding hydrogens is 256 g/mol. The third kappa shape index (κ3) is 4.23. The van der Waals surface area contributed by atoms with Crippen LogP contribution in [-0.4, -0.2) is 39.1 Å². The summed E-state index contributed by atoms with van der Waals surface area (Å²) in [6.45, 7) is 3.57. The van der Waals surface area contributed by atoms with E-state index in [1.165, 1.54) is 0 Å². The predicted molar refractivity (Wildman–Crippen MR) is 76.4 cm³/mol. The van der Waals surface area contributed by atoms with Crippen molar-refractivity contribution < 1.29 is 9.90 Å². The zero-order valence-corrected chi connectivity index (χ0v) is 12.2. The Kier molecular flexibility index (Phi) is 4.65. The highest BCUT2D eigenvalue weighted by atomic mass is 16.3. The van der Waals surface area contributed by atoms with Crippen LogP contribution in [-0.2, 0) is 0 Å². The molecule has 1 aromatic rings. The lowest BCUT2D eigenvalue weighted by Crippen LogP contribution is -2.50. The molecule has 0 bridgehead atoms. The molecule has 6 nitrogen and oxygen atoms in total. The summed E-state index contributed by atoms with van der Waals surface area (Å²) in [6, 6.07) is 1.98. The molecular formula is C14H24N4O2. The Labute approximate surface area is 119 Å². The quantitative estimate of drug-likeness (QED) is 0.780. The first kappa shape index (κ1) is 14.8. The lowest BCUT2D eigenvalue weighted by Gasteiger charge is -2.32. The average molecular weight is 280 g/mol. The molecule has 0 aromatic carbocycles. The molecule has 2 rings (SSSR count). The van der Waals surface area contributed by atoms with Gasteiger partial charge >= 0.3 is 6.03 Å². The summed E-state index contributed by atoms with van der Waals surface area (Å²) in [5.74, 6) is 0. The molecule has 1 saturated carbocycles. The maximum Gasteiger partial charge on any atom is 0.315 e. The first-order chi connectivity index (χ1) is 9.46. The van der Waals surface area contributed by atoms with E-state index < -0.39 is 5.60 Å². The minimum Gasteiger partial charge on any atom is -0.389 e. The molecule has 6 heteroatoms. The number of urea groups is 1. The van der Waals surface area contributed by atoms with Gasteiger partial charge in [0.1, 0.15) is 0 Å². The Morgan fingerprint density at radius 3 is 2.85 bits per heavy atom. The van der Waals surface area contributed by atoms with Gasteiger partial charge in [-0.2, -0.15) is 5.10 Å². The Morgan fingerprint density at radius 1 is 1.45 bits per heavy atom. The lowest BCUT2D eigenvalue weighted by atomic mass is 9.90. The van der Waals surface area contributed by atoms with Crippen LogP contribution in [0.15, 0.2) is 18.5 Å². The van der Waals surface area contributed by atoms with E-state index >= 15 is 0 Å². The van der Waals surface area contributed by atoms with Gasteiger partial charge in [-0.25, -0.2) is 4.79 Å². The van der Waals surface area contributed by atoms with E-state index in [1.807, 2.05) is 16.9 Å². The number of hydrogen-bond acceptors (Lipinski definition) is 3. The van der Waals surface area contributed by atoms with Crippen molar-refractivity contribution in [2.24, 2.45) is 0 Å². The molecule has 1 aliphatic rings. The largest absolute Gasteiger partial charge is 0.389 e. The number of nitrogens with zero attached hydrogens (tertiary/aromatic N) is 2. The fourth-order valence-corrected chi connectivity index (χ4v) is 2.59. The molecule has 1 aromatic heterocycles. The van der Waals surface area contributed by atoms with Crippen molar-refractivity contribution in [1.82, 2.24) is 20.4 Å². The summed E-state index contributed by atoms with van der Waals surface area (Å²) in [4.78, 5) is 11.9. The highest BCUT2D eigenvalue weighted by molar-refractivity contribution is 5.74. The van der Waals surface area contributed by atoms with Gasteiger partial charge in [-0.1, -0.05) is 12.8 Å². The van der Waals surface area contributed by atoms with Crippen molar-refractivity contribution in [2.45, 2.75) is 57.2 Å². The van der Waals surface area contributed by atoms with Gasteiger partial charge in [0.25, 0.3) is 0 Å². The second kappa shape index (κ2) is 6.26. The molecule has 3 N–H and O–H groups in total. The normalized spacial score (nSPS) is 23.4. The van der Waals surface area contributed by atoms with Gasteiger partial charge in [0.2, 0.25) is 0 Å². The molecule has 0 radical (unpaired) electrons. The van der Waals surface area contributed by atoms with Gasteiger partial charge < -0.3 is 15.7 Å². The second-order valence-electron chi connectivity index (χ2n) is 6.08. The Balaban J connectivity index is 1.90.